The summed E-state index contributed by atoms with van der Waals surface area (Å²) in [5, 5.41) is 0. The molecule has 0 saturated heterocycles. The van der Waals surface area contributed by atoms with E-state index in [2.05, 4.69) is 19.1 Å². The van der Waals surface area contributed by atoms with Crippen molar-refractivity contribution >= 4 is 5.78 Å². The van der Waals surface area contributed by atoms with Crippen LogP contribution in [0, 0.1) is 17.3 Å². The van der Waals surface area contributed by atoms with E-state index in [0.29, 0.717) is 11.7 Å². The molecule has 0 aromatic rings. The molecule has 0 aromatic heterocycles. The van der Waals surface area contributed by atoms with Crippen LogP contribution in [-0.4, -0.2) is 5.78 Å². The van der Waals surface area contributed by atoms with Crippen LogP contribution in [0.3, 0.4) is 0 Å². The highest BCUT2D eigenvalue weighted by Gasteiger charge is 2.58. The van der Waals surface area contributed by atoms with Gasteiger partial charge in [-0.3, -0.25) is 4.79 Å². The molecule has 13 heavy (non-hydrogen) atoms. The molecule has 68 valence electrons. The Labute approximate surface area is 78.5 Å². The summed E-state index contributed by atoms with van der Waals surface area (Å²) in [6.45, 7) is 2.09. The molecule has 1 saturated carbocycles. The molecule has 3 unspecified atom stereocenters. The Balaban J connectivity index is 2.08. The van der Waals surface area contributed by atoms with Crippen LogP contribution in [0.15, 0.2) is 23.8 Å². The molecule has 3 aliphatic carbocycles. The maximum absolute atomic E-state index is 11.9. The van der Waals surface area contributed by atoms with Gasteiger partial charge in [0, 0.05) is 0 Å². The predicted molar refractivity (Wildman–Crippen MR) is 51.2 cm³/mol. The minimum absolute atomic E-state index is 0.0393. The minimum Gasteiger partial charge on any atom is -0.294 e. The molecule has 0 amide bonds. The lowest BCUT2D eigenvalue weighted by atomic mass is 9.45. The van der Waals surface area contributed by atoms with Gasteiger partial charge in [0.25, 0.3) is 0 Å². The highest BCUT2D eigenvalue weighted by Crippen LogP contribution is 2.61. The maximum atomic E-state index is 11.9. The minimum atomic E-state index is -0.0393. The Kier molecular flexibility index (Phi) is 1.24. The Morgan fingerprint density at radius 3 is 3.15 bits per heavy atom. The van der Waals surface area contributed by atoms with E-state index in [4.69, 9.17) is 0 Å². The van der Waals surface area contributed by atoms with Crippen molar-refractivity contribution in [2.24, 2.45) is 17.3 Å². The van der Waals surface area contributed by atoms with Crippen LogP contribution in [0.25, 0.3) is 0 Å². The molecule has 1 heteroatoms. The third kappa shape index (κ3) is 0.756. The smallest absolute Gasteiger partial charge is 0.165 e. The van der Waals surface area contributed by atoms with E-state index in [1.165, 1.54) is 12.0 Å². The number of carbonyl (C=O) groups is 1. The first-order valence-electron chi connectivity index (χ1n) is 5.12. The summed E-state index contributed by atoms with van der Waals surface area (Å²) in [5.41, 5.74) is 1.24. The number of carbonyl (C=O) groups excluding carboxylic acids is 1. The van der Waals surface area contributed by atoms with Gasteiger partial charge in [0.15, 0.2) is 5.78 Å². The highest BCUT2D eigenvalue weighted by molar-refractivity contribution is 5.99. The first-order valence-corrected chi connectivity index (χ1v) is 5.12. The van der Waals surface area contributed by atoms with E-state index in [1.54, 1.807) is 0 Å². The summed E-state index contributed by atoms with van der Waals surface area (Å²) in [7, 11) is 0. The molecule has 0 aliphatic heterocycles. The fraction of sp³-hybridized carbons (Fsp3) is 0.583. The van der Waals surface area contributed by atoms with E-state index >= 15 is 0 Å². The van der Waals surface area contributed by atoms with Gasteiger partial charge in [-0.1, -0.05) is 17.7 Å². The molecule has 3 aliphatic rings. The van der Waals surface area contributed by atoms with Crippen LogP contribution in [-0.2, 0) is 4.79 Å². The van der Waals surface area contributed by atoms with Crippen molar-refractivity contribution in [2.75, 3.05) is 0 Å². The summed E-state index contributed by atoms with van der Waals surface area (Å²) in [6, 6.07) is 0. The monoisotopic (exact) mass is 174 g/mol. The van der Waals surface area contributed by atoms with Crippen LogP contribution >= 0.6 is 0 Å². The molecule has 1 spiro atoms. The first-order chi connectivity index (χ1) is 6.22. The number of hydrogen-bond acceptors (Lipinski definition) is 1. The lowest BCUT2D eigenvalue weighted by molar-refractivity contribution is -0.137. The van der Waals surface area contributed by atoms with Gasteiger partial charge in [0.2, 0.25) is 0 Å². The second-order valence-corrected chi connectivity index (χ2v) is 4.81. The zero-order chi connectivity index (χ0) is 9.05. The van der Waals surface area contributed by atoms with E-state index in [1.807, 2.05) is 6.08 Å². The molecule has 3 atom stereocenters. The molecule has 0 N–H and O–H groups in total. The number of rotatable bonds is 0. The van der Waals surface area contributed by atoms with Crippen molar-refractivity contribution in [2.45, 2.75) is 26.2 Å². The van der Waals surface area contributed by atoms with E-state index in [0.717, 1.165) is 18.8 Å². The van der Waals surface area contributed by atoms with Crippen molar-refractivity contribution < 1.29 is 4.79 Å². The van der Waals surface area contributed by atoms with Crippen molar-refractivity contribution in [3.05, 3.63) is 23.8 Å². The SMILES string of the molecule is CC1=CC(=O)C23C=CCC(C2)C3C1. The van der Waals surface area contributed by atoms with E-state index < -0.39 is 0 Å². The van der Waals surface area contributed by atoms with Crippen LogP contribution < -0.4 is 0 Å². The number of hydrogen-bond donors (Lipinski definition) is 0. The number of fused-ring (bicyclic) bond motifs is 2. The predicted octanol–water partition coefficient (Wildman–Crippen LogP) is 2.49. The Hall–Kier alpha value is -0.850. The largest absolute Gasteiger partial charge is 0.294 e. The Morgan fingerprint density at radius 1 is 1.54 bits per heavy atom. The standard InChI is InChI=1S/C12H14O/c1-8-5-10-9-3-2-4-12(10,7-9)11(13)6-8/h2,4,6,9-10H,3,5,7H2,1H3. The number of ketones is 1. The van der Waals surface area contributed by atoms with Gasteiger partial charge in [-0.2, -0.15) is 0 Å². The maximum Gasteiger partial charge on any atom is 0.165 e. The van der Waals surface area contributed by atoms with Crippen LogP contribution in [0.4, 0.5) is 0 Å². The second kappa shape index (κ2) is 2.14. The van der Waals surface area contributed by atoms with Crippen LogP contribution in [0.2, 0.25) is 0 Å². The Bertz CT molecular complexity index is 337. The molecule has 0 aromatic carbocycles. The molecular weight excluding hydrogens is 160 g/mol. The van der Waals surface area contributed by atoms with Gasteiger partial charge in [-0.25, -0.2) is 0 Å². The zero-order valence-corrected chi connectivity index (χ0v) is 7.92. The summed E-state index contributed by atoms with van der Waals surface area (Å²) in [5.74, 6) is 1.82. The molecule has 2 bridgehead atoms. The third-order valence-electron chi connectivity index (χ3n) is 4.06. The first kappa shape index (κ1) is 7.54. The summed E-state index contributed by atoms with van der Waals surface area (Å²) in [4.78, 5) is 11.9. The van der Waals surface area contributed by atoms with Crippen molar-refractivity contribution in [1.29, 1.82) is 0 Å². The molecule has 1 nitrogen and oxygen atoms in total. The Morgan fingerprint density at radius 2 is 2.38 bits per heavy atom. The molecule has 0 heterocycles. The van der Waals surface area contributed by atoms with Crippen LogP contribution in [0.1, 0.15) is 26.2 Å². The molecule has 0 radical (unpaired) electrons. The van der Waals surface area contributed by atoms with E-state index in [9.17, 15) is 4.79 Å². The summed E-state index contributed by atoms with van der Waals surface area (Å²) >= 11 is 0. The average molecular weight is 174 g/mol. The summed E-state index contributed by atoms with van der Waals surface area (Å²) < 4.78 is 0. The second-order valence-electron chi connectivity index (χ2n) is 4.81. The van der Waals surface area contributed by atoms with Gasteiger partial charge in [-0.05, 0) is 44.1 Å². The van der Waals surface area contributed by atoms with Gasteiger partial charge in [-0.15, -0.1) is 0 Å². The fourth-order valence-electron chi connectivity index (χ4n) is 3.36. The molecule has 1 fully saturated rings. The van der Waals surface area contributed by atoms with Gasteiger partial charge in [0.05, 0.1) is 5.41 Å². The lowest BCUT2D eigenvalue weighted by Gasteiger charge is -2.57. The van der Waals surface area contributed by atoms with Crippen molar-refractivity contribution in [3.63, 3.8) is 0 Å². The highest BCUT2D eigenvalue weighted by atomic mass is 16.1. The third-order valence-corrected chi connectivity index (χ3v) is 4.06. The normalized spacial score (nSPS) is 46.5. The van der Waals surface area contributed by atoms with E-state index in [-0.39, 0.29) is 5.41 Å². The van der Waals surface area contributed by atoms with Gasteiger partial charge < -0.3 is 0 Å². The zero-order valence-electron chi connectivity index (χ0n) is 7.92. The van der Waals surface area contributed by atoms with Crippen LogP contribution in [0.5, 0.6) is 0 Å². The topological polar surface area (TPSA) is 17.1 Å². The average Bonchev–Trinajstić information content (AvgIpc) is 2.13. The number of allylic oxidation sites excluding steroid dienone is 4. The lowest BCUT2D eigenvalue weighted by Crippen LogP contribution is -2.54. The fourth-order valence-corrected chi connectivity index (χ4v) is 3.36. The van der Waals surface area contributed by atoms with Gasteiger partial charge in [0.1, 0.15) is 0 Å². The van der Waals surface area contributed by atoms with Crippen molar-refractivity contribution in [3.8, 4) is 0 Å². The molecule has 3 rings (SSSR count). The van der Waals surface area contributed by atoms with Crippen molar-refractivity contribution in [1.82, 2.24) is 0 Å². The quantitative estimate of drug-likeness (QED) is 0.516. The molecular formula is C12H14O. The summed E-state index contributed by atoms with van der Waals surface area (Å²) in [6.07, 6.45) is 9.73. The van der Waals surface area contributed by atoms with Gasteiger partial charge >= 0.3 is 0 Å².